The summed E-state index contributed by atoms with van der Waals surface area (Å²) in [5.74, 6) is -0.746. The summed E-state index contributed by atoms with van der Waals surface area (Å²) in [5, 5.41) is 4.24. The molecule has 1 aliphatic heterocycles. The molecule has 1 aliphatic carbocycles. The molecule has 0 spiro atoms. The highest BCUT2D eigenvalue weighted by atomic mass is 35.5. The molecule has 5 heteroatoms. The van der Waals surface area contributed by atoms with E-state index in [2.05, 4.69) is 5.32 Å². The average molecular weight is 365 g/mol. The summed E-state index contributed by atoms with van der Waals surface area (Å²) in [4.78, 5) is 17.5. The topological polar surface area (TPSA) is 42.0 Å². The third-order valence-electron chi connectivity index (χ3n) is 4.37. The Morgan fingerprint density at radius 2 is 1.88 bits per heavy atom. The van der Waals surface area contributed by atoms with Crippen LogP contribution >= 0.6 is 11.6 Å². The Kier molecular flexibility index (Phi) is 4.05. The molecule has 2 aromatic rings. The van der Waals surface area contributed by atoms with E-state index in [1.165, 1.54) is 12.1 Å². The van der Waals surface area contributed by atoms with Gasteiger partial charge in [-0.3, -0.25) is 4.79 Å². The first-order valence-electron chi connectivity index (χ1n) is 8.08. The van der Waals surface area contributed by atoms with Crippen LogP contribution in [0.2, 0.25) is 5.02 Å². The number of hydrogen-bond donors (Lipinski definition) is 1. The maximum absolute atomic E-state index is 13.3. The van der Waals surface area contributed by atoms with Gasteiger partial charge in [0.1, 0.15) is 5.82 Å². The molecule has 1 N–H and O–H groups in total. The molecule has 0 fully saturated rings. The minimum atomic E-state index is -0.476. The van der Waals surface area contributed by atoms with E-state index in [1.54, 1.807) is 12.1 Å². The first-order chi connectivity index (χ1) is 12.6. The van der Waals surface area contributed by atoms with Crippen LogP contribution in [-0.2, 0) is 0 Å². The minimum absolute atomic E-state index is 0.0934. The number of hydrogen-bond acceptors (Lipinski definition) is 3. The molecule has 0 aromatic heterocycles. The number of nitrogens with one attached hydrogen (secondary N) is 1. The number of anilines is 1. The van der Waals surface area contributed by atoms with Crippen LogP contribution in [0.4, 0.5) is 10.1 Å². The van der Waals surface area contributed by atoms with Crippen LogP contribution in [0.15, 0.2) is 60.7 Å². The monoisotopic (exact) mass is 364 g/mol. The molecule has 0 bridgehead atoms. The second-order valence-electron chi connectivity index (χ2n) is 5.94. The van der Waals surface area contributed by atoms with Gasteiger partial charge in [-0.05, 0) is 30.3 Å². The summed E-state index contributed by atoms with van der Waals surface area (Å²) >= 11 is 6.04. The SMILES string of the molecule is CNc1cccc2c3cccc(C(=O)c4ccc(F)cc4Cl)cc-3nc12. The zero-order chi connectivity index (χ0) is 18.3. The third-order valence-corrected chi connectivity index (χ3v) is 4.69. The van der Waals surface area contributed by atoms with Crippen molar-refractivity contribution >= 4 is 34.0 Å². The van der Waals surface area contributed by atoms with Gasteiger partial charge in [0.2, 0.25) is 0 Å². The standard InChI is InChI=1S/C21H14ClFN2O/c1-24-18-7-3-6-15-14-5-2-4-12(10-19(14)25-20(15)18)21(26)16-9-8-13(23)11-17(16)22/h2-11,24H,1H3. The number of ketones is 1. The zero-order valence-corrected chi connectivity index (χ0v) is 14.6. The van der Waals surface area contributed by atoms with Gasteiger partial charge in [0.25, 0.3) is 0 Å². The van der Waals surface area contributed by atoms with Crippen LogP contribution in [0.3, 0.4) is 0 Å². The molecular formula is C21H14ClFN2O. The fourth-order valence-electron chi connectivity index (χ4n) is 3.10. The van der Waals surface area contributed by atoms with Gasteiger partial charge in [-0.2, -0.15) is 0 Å². The van der Waals surface area contributed by atoms with Crippen molar-refractivity contribution in [1.82, 2.24) is 4.98 Å². The van der Waals surface area contributed by atoms with Gasteiger partial charge in [-0.1, -0.05) is 41.9 Å². The van der Waals surface area contributed by atoms with Crippen molar-refractivity contribution in [3.8, 4) is 11.3 Å². The van der Waals surface area contributed by atoms with Gasteiger partial charge < -0.3 is 5.32 Å². The second kappa shape index (κ2) is 6.39. The number of halogens is 2. The van der Waals surface area contributed by atoms with E-state index in [0.29, 0.717) is 11.3 Å². The van der Waals surface area contributed by atoms with Gasteiger partial charge >= 0.3 is 0 Å². The summed E-state index contributed by atoms with van der Waals surface area (Å²) in [7, 11) is 1.85. The molecule has 0 atom stereocenters. The van der Waals surface area contributed by atoms with Crippen LogP contribution in [-0.4, -0.2) is 17.8 Å². The fraction of sp³-hybridized carbons (Fsp3) is 0.0476. The van der Waals surface area contributed by atoms with Crippen molar-refractivity contribution in [3.63, 3.8) is 0 Å². The van der Waals surface area contributed by atoms with Crippen LogP contribution in [0, 0.1) is 5.82 Å². The Labute approximate surface area is 154 Å². The number of aromatic nitrogens is 1. The zero-order valence-electron chi connectivity index (χ0n) is 13.9. The molecule has 2 aliphatic rings. The maximum atomic E-state index is 13.3. The van der Waals surface area contributed by atoms with Gasteiger partial charge in [0, 0.05) is 29.1 Å². The summed E-state index contributed by atoms with van der Waals surface area (Å²) in [6.07, 6.45) is 0. The number of rotatable bonds is 3. The normalized spacial score (nSPS) is 11.0. The summed E-state index contributed by atoms with van der Waals surface area (Å²) < 4.78 is 13.3. The third kappa shape index (κ3) is 2.68. The number of carbonyl (C=O) groups is 1. The lowest BCUT2D eigenvalue weighted by Gasteiger charge is -2.02. The van der Waals surface area contributed by atoms with E-state index in [1.807, 2.05) is 37.4 Å². The molecule has 0 unspecified atom stereocenters. The molecule has 0 saturated heterocycles. The van der Waals surface area contributed by atoms with Gasteiger partial charge in [-0.25, -0.2) is 9.37 Å². The second-order valence-corrected chi connectivity index (χ2v) is 6.35. The van der Waals surface area contributed by atoms with Gasteiger partial charge in [0.05, 0.1) is 21.9 Å². The van der Waals surface area contributed by atoms with Crippen LogP contribution < -0.4 is 5.32 Å². The van der Waals surface area contributed by atoms with E-state index in [9.17, 15) is 9.18 Å². The smallest absolute Gasteiger partial charge is 0.194 e. The fourth-order valence-corrected chi connectivity index (χ4v) is 3.35. The van der Waals surface area contributed by atoms with Crippen molar-refractivity contribution in [2.75, 3.05) is 12.4 Å². The lowest BCUT2D eigenvalue weighted by Crippen LogP contribution is -2.01. The highest BCUT2D eigenvalue weighted by Gasteiger charge is 2.17. The predicted molar refractivity (Wildman–Crippen MR) is 103 cm³/mol. The van der Waals surface area contributed by atoms with Crippen molar-refractivity contribution < 1.29 is 9.18 Å². The molecule has 128 valence electrons. The van der Waals surface area contributed by atoms with Gasteiger partial charge in [0.15, 0.2) is 5.78 Å². The Hall–Kier alpha value is -2.98. The Balaban J connectivity index is 1.88. The Morgan fingerprint density at radius 1 is 1.08 bits per heavy atom. The molecule has 1 heterocycles. The van der Waals surface area contributed by atoms with Crippen molar-refractivity contribution in [3.05, 3.63) is 82.6 Å². The summed E-state index contributed by atoms with van der Waals surface area (Å²) in [6.45, 7) is 0. The highest BCUT2D eigenvalue weighted by Crippen LogP contribution is 2.34. The predicted octanol–water partition coefficient (Wildman–Crippen LogP) is 5.40. The first kappa shape index (κ1) is 16.5. The minimum Gasteiger partial charge on any atom is -0.386 e. The van der Waals surface area contributed by atoms with Crippen LogP contribution in [0.25, 0.3) is 22.2 Å². The highest BCUT2D eigenvalue weighted by molar-refractivity contribution is 6.35. The number of nitrogens with zero attached hydrogens (tertiary/aromatic N) is 1. The molecule has 3 nitrogen and oxygen atoms in total. The van der Waals surface area contributed by atoms with E-state index in [4.69, 9.17) is 16.6 Å². The number of carbonyl (C=O) groups excluding carboxylic acids is 1. The van der Waals surface area contributed by atoms with E-state index in [0.717, 1.165) is 28.2 Å². The summed E-state index contributed by atoms with van der Waals surface area (Å²) in [5.41, 5.74) is 4.17. The molecule has 0 saturated carbocycles. The lowest BCUT2D eigenvalue weighted by molar-refractivity contribution is 0.103. The quantitative estimate of drug-likeness (QED) is 0.494. The van der Waals surface area contributed by atoms with Crippen LogP contribution in [0.1, 0.15) is 15.9 Å². The van der Waals surface area contributed by atoms with Crippen molar-refractivity contribution in [2.24, 2.45) is 0 Å². The van der Waals surface area contributed by atoms with Crippen molar-refractivity contribution in [1.29, 1.82) is 0 Å². The molecule has 0 amide bonds. The average Bonchev–Trinajstić information content (AvgIpc) is 2.84. The van der Waals surface area contributed by atoms with Crippen molar-refractivity contribution in [2.45, 2.75) is 0 Å². The number of para-hydroxylation sites is 1. The Bertz CT molecular complexity index is 1130. The number of fused-ring (bicyclic) bond motifs is 3. The van der Waals surface area contributed by atoms with E-state index < -0.39 is 5.82 Å². The Morgan fingerprint density at radius 3 is 2.65 bits per heavy atom. The molecule has 26 heavy (non-hydrogen) atoms. The number of benzene rings is 2. The van der Waals surface area contributed by atoms with Crippen LogP contribution in [0.5, 0.6) is 0 Å². The first-order valence-corrected chi connectivity index (χ1v) is 8.46. The molecular weight excluding hydrogens is 351 g/mol. The molecule has 2 aromatic carbocycles. The van der Waals surface area contributed by atoms with Gasteiger partial charge in [-0.15, -0.1) is 0 Å². The summed E-state index contributed by atoms with van der Waals surface area (Å²) in [6, 6.07) is 16.9. The maximum Gasteiger partial charge on any atom is 0.194 e. The lowest BCUT2D eigenvalue weighted by atomic mass is 10.0. The molecule has 0 radical (unpaired) electrons. The largest absolute Gasteiger partial charge is 0.386 e. The van der Waals surface area contributed by atoms with E-state index >= 15 is 0 Å². The molecule has 4 rings (SSSR count). The van der Waals surface area contributed by atoms with E-state index in [-0.39, 0.29) is 16.4 Å².